The molecule has 1 aliphatic heterocycles. The zero-order valence-electron chi connectivity index (χ0n) is 19.5. The van der Waals surface area contributed by atoms with Crippen molar-refractivity contribution in [1.82, 2.24) is 0 Å². The van der Waals surface area contributed by atoms with Gasteiger partial charge in [-0.25, -0.2) is 0 Å². The van der Waals surface area contributed by atoms with Gasteiger partial charge in [-0.05, 0) is 0 Å². The van der Waals surface area contributed by atoms with Crippen LogP contribution in [0.4, 0.5) is 0 Å². The standard InChI is InChI=1S/C31H29Ge/c1-5-19-17-26-21(6-2)22(7-3)28(31-29(26)30(19)32-31)27-18(4)16-25-23(14-11-15-24(25)27)20-12-9-8-10-13-20/h8-17,27H,5-7H2,1-4H3. The van der Waals surface area contributed by atoms with Crippen LogP contribution in [0.1, 0.15) is 79.0 Å². The SMILES string of the molecule is CCC1=[C]2[Ge][c]3c2c(c(CC)c(CC)c3C2C(C)=Cc3c(-c4ccccc4)cccc32)[CH]1. The molecule has 0 amide bonds. The monoisotopic (exact) mass is 475 g/mol. The van der Waals surface area contributed by atoms with E-state index in [9.17, 15) is 0 Å². The number of hydrogen-bond acceptors (Lipinski definition) is 0. The first-order chi connectivity index (χ1) is 15.7. The van der Waals surface area contributed by atoms with Crippen molar-refractivity contribution in [2.45, 2.75) is 52.9 Å². The molecule has 1 heteroatoms. The average Bonchev–Trinajstić information content (AvgIpc) is 3.30. The Bertz CT molecular complexity index is 1320. The van der Waals surface area contributed by atoms with E-state index in [0.29, 0.717) is 5.92 Å². The molecule has 0 saturated carbocycles. The molecule has 0 nitrogen and oxygen atoms in total. The fourth-order valence-electron chi connectivity index (χ4n) is 6.27. The molecule has 0 bridgehead atoms. The molecular formula is C31H29Ge. The van der Waals surface area contributed by atoms with Crippen molar-refractivity contribution in [2.75, 3.05) is 0 Å². The maximum absolute atomic E-state index is 2.55. The summed E-state index contributed by atoms with van der Waals surface area (Å²) in [5, 5.41) is 0. The van der Waals surface area contributed by atoms with Gasteiger partial charge in [-0.15, -0.1) is 0 Å². The van der Waals surface area contributed by atoms with E-state index in [2.05, 4.69) is 88.7 Å². The first kappa shape index (κ1) is 20.3. The molecule has 1 unspecified atom stereocenters. The summed E-state index contributed by atoms with van der Waals surface area (Å²) < 4.78 is 3.52. The minimum absolute atomic E-state index is 0.170. The summed E-state index contributed by atoms with van der Waals surface area (Å²) in [4.78, 5) is 0. The third kappa shape index (κ3) is 2.68. The molecule has 3 aromatic rings. The Labute approximate surface area is 198 Å². The summed E-state index contributed by atoms with van der Waals surface area (Å²) >= 11 is -0.170. The Kier molecular flexibility index (Phi) is 4.84. The molecule has 32 heavy (non-hydrogen) atoms. The molecule has 3 aliphatic rings. The number of allylic oxidation sites excluding steroid dienone is 2. The molecular weight excluding hydrogens is 445 g/mol. The van der Waals surface area contributed by atoms with Crippen LogP contribution in [0.3, 0.4) is 0 Å². The van der Waals surface area contributed by atoms with Crippen LogP contribution in [0.5, 0.6) is 0 Å². The van der Waals surface area contributed by atoms with Crippen LogP contribution in [-0.2, 0) is 12.8 Å². The Hall–Kier alpha value is -2.32. The number of benzene rings is 3. The van der Waals surface area contributed by atoms with Crippen molar-refractivity contribution in [3.63, 3.8) is 0 Å². The Balaban J connectivity index is 1.59. The number of hydrogen-bond donors (Lipinski definition) is 0. The van der Waals surface area contributed by atoms with Crippen molar-refractivity contribution in [3.05, 3.63) is 105 Å². The van der Waals surface area contributed by atoms with Crippen LogP contribution < -0.4 is 4.40 Å². The number of rotatable bonds is 5. The van der Waals surface area contributed by atoms with Crippen LogP contribution >= 0.6 is 0 Å². The van der Waals surface area contributed by atoms with Gasteiger partial charge in [-0.1, -0.05) is 0 Å². The van der Waals surface area contributed by atoms with Gasteiger partial charge < -0.3 is 0 Å². The first-order valence-corrected chi connectivity index (χ1v) is 14.2. The van der Waals surface area contributed by atoms with Crippen molar-refractivity contribution in [1.29, 1.82) is 0 Å². The second kappa shape index (κ2) is 7.63. The van der Waals surface area contributed by atoms with E-state index >= 15 is 0 Å². The Morgan fingerprint density at radius 2 is 1.59 bits per heavy atom. The predicted octanol–water partition coefficient (Wildman–Crippen LogP) is 7.06. The normalized spacial score (nSPS) is 17.9. The zero-order chi connectivity index (χ0) is 22.0. The van der Waals surface area contributed by atoms with Crippen molar-refractivity contribution in [3.8, 4) is 11.1 Å². The molecule has 157 valence electrons. The minimum atomic E-state index is -0.170. The molecule has 3 aromatic carbocycles. The van der Waals surface area contributed by atoms with E-state index < -0.39 is 0 Å². The molecule has 3 radical (unpaired) electrons. The van der Waals surface area contributed by atoms with Gasteiger partial charge in [-0.3, -0.25) is 0 Å². The van der Waals surface area contributed by atoms with Gasteiger partial charge in [-0.2, -0.15) is 0 Å². The molecule has 1 heterocycles. The summed E-state index contributed by atoms with van der Waals surface area (Å²) in [7, 11) is 0. The number of fused-ring (bicyclic) bond motifs is 1. The van der Waals surface area contributed by atoms with Crippen LogP contribution in [-0.4, -0.2) is 15.4 Å². The van der Waals surface area contributed by atoms with Crippen molar-refractivity contribution in [2.24, 2.45) is 0 Å². The van der Waals surface area contributed by atoms with Gasteiger partial charge in [0.25, 0.3) is 0 Å². The second-order valence-corrected chi connectivity index (χ2v) is 11.9. The second-order valence-electron chi connectivity index (χ2n) is 9.26. The molecule has 2 aliphatic carbocycles. The van der Waals surface area contributed by atoms with E-state index in [1.807, 2.05) is 0 Å². The van der Waals surface area contributed by atoms with E-state index in [4.69, 9.17) is 0 Å². The summed E-state index contributed by atoms with van der Waals surface area (Å²) in [5.74, 6) is 0.421. The summed E-state index contributed by atoms with van der Waals surface area (Å²) in [5.41, 5.74) is 17.0. The third-order valence-electron chi connectivity index (χ3n) is 7.68. The predicted molar refractivity (Wildman–Crippen MR) is 139 cm³/mol. The Morgan fingerprint density at radius 1 is 0.812 bits per heavy atom. The fourth-order valence-corrected chi connectivity index (χ4v) is 9.77. The van der Waals surface area contributed by atoms with Crippen LogP contribution in [0.15, 0.2) is 59.7 Å². The molecule has 0 aromatic heterocycles. The molecule has 0 spiro atoms. The third-order valence-corrected chi connectivity index (χ3v) is 11.0. The van der Waals surface area contributed by atoms with E-state index in [-0.39, 0.29) is 15.4 Å². The molecule has 0 saturated heterocycles. The molecule has 1 atom stereocenters. The van der Waals surface area contributed by atoms with Gasteiger partial charge in [0, 0.05) is 0 Å². The van der Waals surface area contributed by atoms with Gasteiger partial charge >= 0.3 is 199 Å². The topological polar surface area (TPSA) is 0 Å². The van der Waals surface area contributed by atoms with E-state index in [1.54, 1.807) is 42.2 Å². The zero-order valence-corrected chi connectivity index (χ0v) is 21.6. The fraction of sp³-hybridized carbons (Fsp3) is 0.258. The van der Waals surface area contributed by atoms with Gasteiger partial charge in [0.2, 0.25) is 0 Å². The summed E-state index contributed by atoms with van der Waals surface area (Å²) in [6, 6.07) is 17.9. The van der Waals surface area contributed by atoms with E-state index in [1.165, 1.54) is 34.2 Å². The first-order valence-electron chi connectivity index (χ1n) is 12.1. The Morgan fingerprint density at radius 3 is 2.31 bits per heavy atom. The molecule has 6 rings (SSSR count). The quantitative estimate of drug-likeness (QED) is 0.348. The van der Waals surface area contributed by atoms with Crippen molar-refractivity contribution < 1.29 is 0 Å². The van der Waals surface area contributed by atoms with Gasteiger partial charge in [0.05, 0.1) is 0 Å². The summed E-state index contributed by atoms with van der Waals surface area (Å²) in [6.07, 6.45) is 8.47. The van der Waals surface area contributed by atoms with Crippen LogP contribution in [0.2, 0.25) is 0 Å². The summed E-state index contributed by atoms with van der Waals surface area (Å²) in [6.45, 7) is 9.41. The van der Waals surface area contributed by atoms with Gasteiger partial charge in [0.1, 0.15) is 0 Å². The average molecular weight is 474 g/mol. The van der Waals surface area contributed by atoms with Crippen LogP contribution in [0.25, 0.3) is 21.6 Å². The molecule has 0 fully saturated rings. The van der Waals surface area contributed by atoms with Crippen LogP contribution in [0, 0.1) is 6.42 Å². The maximum atomic E-state index is 2.55. The van der Waals surface area contributed by atoms with Gasteiger partial charge in [0.15, 0.2) is 0 Å². The van der Waals surface area contributed by atoms with E-state index in [0.717, 1.165) is 12.8 Å². The molecule has 0 N–H and O–H groups in total. The van der Waals surface area contributed by atoms with Crippen molar-refractivity contribution >= 4 is 30.3 Å².